The van der Waals surface area contributed by atoms with Crippen LogP contribution in [0.25, 0.3) is 0 Å². The van der Waals surface area contributed by atoms with Crippen molar-refractivity contribution in [3.63, 3.8) is 0 Å². The second-order valence-corrected chi connectivity index (χ2v) is 8.74. The minimum atomic E-state index is -3.94. The second kappa shape index (κ2) is 8.28. The van der Waals surface area contributed by atoms with Gasteiger partial charge in [0.05, 0.1) is 16.1 Å². The Balaban J connectivity index is 1.82. The van der Waals surface area contributed by atoms with E-state index in [9.17, 15) is 17.6 Å². The van der Waals surface area contributed by atoms with Crippen LogP contribution in [0.3, 0.4) is 0 Å². The van der Waals surface area contributed by atoms with E-state index in [-0.39, 0.29) is 28.1 Å². The number of benzene rings is 2. The van der Waals surface area contributed by atoms with Crippen LogP contribution >= 0.6 is 0 Å². The highest BCUT2D eigenvalue weighted by molar-refractivity contribution is 7.92. The summed E-state index contributed by atoms with van der Waals surface area (Å²) in [6.07, 6.45) is 1.75. The molecule has 6 nitrogen and oxygen atoms in total. The first kappa shape index (κ1) is 20.3. The SMILES string of the molecule is CN1CCC(N(C)C(=O)c2ccccc2NS(=O)(=O)c2ccc(F)cc2)CC1. The van der Waals surface area contributed by atoms with Crippen molar-refractivity contribution in [2.24, 2.45) is 0 Å². The van der Waals surface area contributed by atoms with Crippen molar-refractivity contribution in [2.45, 2.75) is 23.8 Å². The molecule has 0 saturated carbocycles. The number of piperidine rings is 1. The Morgan fingerprint density at radius 2 is 1.71 bits per heavy atom. The molecule has 0 spiro atoms. The standard InChI is InChI=1S/C20H24FN3O3S/c1-23-13-11-16(12-14-23)24(2)20(25)18-5-3-4-6-19(18)22-28(26,27)17-9-7-15(21)8-10-17/h3-10,16,22H,11-14H2,1-2H3. The maximum Gasteiger partial charge on any atom is 0.261 e. The van der Waals surface area contributed by atoms with Crippen LogP contribution < -0.4 is 4.72 Å². The second-order valence-electron chi connectivity index (χ2n) is 7.06. The molecule has 2 aromatic carbocycles. The number of carbonyl (C=O) groups excluding carboxylic acids is 1. The third kappa shape index (κ3) is 4.51. The third-order valence-electron chi connectivity index (χ3n) is 5.08. The summed E-state index contributed by atoms with van der Waals surface area (Å²) in [4.78, 5) is 16.9. The van der Waals surface area contributed by atoms with Gasteiger partial charge in [0.2, 0.25) is 0 Å². The molecule has 1 N–H and O–H groups in total. The Labute approximate surface area is 165 Å². The average molecular weight is 405 g/mol. The van der Waals surface area contributed by atoms with E-state index >= 15 is 0 Å². The van der Waals surface area contributed by atoms with Gasteiger partial charge in [-0.05, 0) is 69.4 Å². The summed E-state index contributed by atoms with van der Waals surface area (Å²) in [5.74, 6) is -0.749. The van der Waals surface area contributed by atoms with Crippen LogP contribution in [0.5, 0.6) is 0 Å². The molecule has 1 saturated heterocycles. The van der Waals surface area contributed by atoms with Gasteiger partial charge in [-0.25, -0.2) is 12.8 Å². The molecule has 8 heteroatoms. The number of likely N-dealkylation sites (tertiary alicyclic amines) is 1. The molecule has 0 bridgehead atoms. The molecule has 1 fully saturated rings. The van der Waals surface area contributed by atoms with Crippen molar-refractivity contribution in [3.05, 3.63) is 59.9 Å². The lowest BCUT2D eigenvalue weighted by atomic mass is 10.0. The van der Waals surface area contributed by atoms with Crippen LogP contribution in [0.2, 0.25) is 0 Å². The molecule has 28 heavy (non-hydrogen) atoms. The fourth-order valence-electron chi connectivity index (χ4n) is 3.31. The number of sulfonamides is 1. The lowest BCUT2D eigenvalue weighted by Crippen LogP contribution is -2.44. The number of anilines is 1. The Hall–Kier alpha value is -2.45. The lowest BCUT2D eigenvalue weighted by Gasteiger charge is -2.35. The van der Waals surface area contributed by atoms with Crippen molar-refractivity contribution in [1.29, 1.82) is 0 Å². The number of halogens is 1. The number of nitrogens with zero attached hydrogens (tertiary/aromatic N) is 2. The zero-order valence-electron chi connectivity index (χ0n) is 15.9. The van der Waals surface area contributed by atoms with E-state index in [2.05, 4.69) is 16.7 Å². The van der Waals surface area contributed by atoms with Crippen molar-refractivity contribution in [1.82, 2.24) is 9.80 Å². The summed E-state index contributed by atoms with van der Waals surface area (Å²) in [6.45, 7) is 1.84. The molecular weight excluding hydrogens is 381 g/mol. The van der Waals surface area contributed by atoms with Gasteiger partial charge in [-0.2, -0.15) is 0 Å². The molecule has 150 valence electrons. The minimum Gasteiger partial charge on any atom is -0.339 e. The minimum absolute atomic E-state index is 0.0696. The summed E-state index contributed by atoms with van der Waals surface area (Å²) < 4.78 is 40.8. The van der Waals surface area contributed by atoms with Crippen molar-refractivity contribution >= 4 is 21.6 Å². The van der Waals surface area contributed by atoms with Gasteiger partial charge in [-0.1, -0.05) is 12.1 Å². The molecule has 0 unspecified atom stereocenters. The summed E-state index contributed by atoms with van der Waals surface area (Å²) in [7, 11) is -0.131. The normalized spacial score (nSPS) is 16.0. The first-order valence-corrected chi connectivity index (χ1v) is 10.6. The predicted molar refractivity (Wildman–Crippen MR) is 106 cm³/mol. The van der Waals surface area contributed by atoms with Gasteiger partial charge in [0.15, 0.2) is 0 Å². The van der Waals surface area contributed by atoms with Crippen LogP contribution in [0.4, 0.5) is 10.1 Å². The van der Waals surface area contributed by atoms with E-state index in [1.54, 1.807) is 36.2 Å². The topological polar surface area (TPSA) is 69.7 Å². The van der Waals surface area contributed by atoms with Crippen LogP contribution in [0, 0.1) is 5.82 Å². The van der Waals surface area contributed by atoms with Crippen LogP contribution in [-0.2, 0) is 10.0 Å². The Bertz CT molecular complexity index is 939. The van der Waals surface area contributed by atoms with Crippen molar-refractivity contribution in [3.8, 4) is 0 Å². The molecule has 0 atom stereocenters. The Morgan fingerprint density at radius 3 is 2.36 bits per heavy atom. The number of para-hydroxylation sites is 1. The third-order valence-corrected chi connectivity index (χ3v) is 6.46. The molecule has 1 aliphatic rings. The van der Waals surface area contributed by atoms with E-state index < -0.39 is 15.8 Å². The van der Waals surface area contributed by atoms with Gasteiger partial charge in [0.1, 0.15) is 5.82 Å². The smallest absolute Gasteiger partial charge is 0.261 e. The number of carbonyl (C=O) groups is 1. The van der Waals surface area contributed by atoms with E-state index in [1.807, 2.05) is 0 Å². The average Bonchev–Trinajstić information content (AvgIpc) is 2.68. The largest absolute Gasteiger partial charge is 0.339 e. The molecule has 0 aromatic heterocycles. The van der Waals surface area contributed by atoms with Gasteiger partial charge in [-0.15, -0.1) is 0 Å². The first-order chi connectivity index (χ1) is 13.3. The lowest BCUT2D eigenvalue weighted by molar-refractivity contribution is 0.0660. The summed E-state index contributed by atoms with van der Waals surface area (Å²) >= 11 is 0. The molecule has 1 aliphatic heterocycles. The molecule has 1 amide bonds. The van der Waals surface area contributed by atoms with Crippen molar-refractivity contribution < 1.29 is 17.6 Å². The van der Waals surface area contributed by atoms with Gasteiger partial charge in [0, 0.05) is 13.1 Å². The highest BCUT2D eigenvalue weighted by Crippen LogP contribution is 2.24. The van der Waals surface area contributed by atoms with Gasteiger partial charge in [-0.3, -0.25) is 9.52 Å². The Morgan fingerprint density at radius 1 is 1.11 bits per heavy atom. The number of hydrogen-bond donors (Lipinski definition) is 1. The maximum atomic E-state index is 13.1. The van der Waals surface area contributed by atoms with Crippen LogP contribution in [0.15, 0.2) is 53.4 Å². The zero-order chi connectivity index (χ0) is 20.3. The quantitative estimate of drug-likeness (QED) is 0.831. The number of nitrogens with one attached hydrogen (secondary N) is 1. The van der Waals surface area contributed by atoms with Crippen LogP contribution in [0.1, 0.15) is 23.2 Å². The van der Waals surface area contributed by atoms with Crippen LogP contribution in [-0.4, -0.2) is 57.4 Å². The van der Waals surface area contributed by atoms with E-state index in [0.29, 0.717) is 0 Å². The number of amides is 1. The predicted octanol–water partition coefficient (Wildman–Crippen LogP) is 2.79. The zero-order valence-corrected chi connectivity index (χ0v) is 16.7. The van der Waals surface area contributed by atoms with E-state index in [0.717, 1.165) is 38.1 Å². The molecule has 1 heterocycles. The van der Waals surface area contributed by atoms with E-state index in [4.69, 9.17) is 0 Å². The summed E-state index contributed by atoms with van der Waals surface area (Å²) in [6, 6.07) is 11.2. The van der Waals surface area contributed by atoms with Gasteiger partial charge < -0.3 is 9.80 Å². The van der Waals surface area contributed by atoms with Gasteiger partial charge in [0.25, 0.3) is 15.9 Å². The monoisotopic (exact) mass is 405 g/mol. The maximum absolute atomic E-state index is 13.1. The van der Waals surface area contributed by atoms with Crippen molar-refractivity contribution in [2.75, 3.05) is 31.9 Å². The molecule has 0 radical (unpaired) electrons. The summed E-state index contributed by atoms with van der Waals surface area (Å²) in [5, 5.41) is 0. The van der Waals surface area contributed by atoms with E-state index in [1.165, 1.54) is 12.1 Å². The highest BCUT2D eigenvalue weighted by Gasteiger charge is 2.27. The summed E-state index contributed by atoms with van der Waals surface area (Å²) in [5.41, 5.74) is 0.492. The Kier molecular flexibility index (Phi) is 6.00. The molecule has 0 aliphatic carbocycles. The van der Waals surface area contributed by atoms with Gasteiger partial charge >= 0.3 is 0 Å². The number of rotatable bonds is 5. The fraction of sp³-hybridized carbons (Fsp3) is 0.350. The molecular formula is C20H24FN3O3S. The molecule has 3 rings (SSSR count). The number of hydrogen-bond acceptors (Lipinski definition) is 4. The molecule has 2 aromatic rings. The highest BCUT2D eigenvalue weighted by atomic mass is 32.2. The first-order valence-electron chi connectivity index (χ1n) is 9.11. The fourth-order valence-corrected chi connectivity index (χ4v) is 4.39.